The van der Waals surface area contributed by atoms with Gasteiger partial charge in [0.15, 0.2) is 11.6 Å². The van der Waals surface area contributed by atoms with Gasteiger partial charge < -0.3 is 4.57 Å². The van der Waals surface area contributed by atoms with Crippen LogP contribution in [0, 0.1) is 0 Å². The Kier molecular flexibility index (Phi) is 24.1. The Bertz CT molecular complexity index is 7860. The fourth-order valence-corrected chi connectivity index (χ4v) is 18.6. The maximum absolute atomic E-state index is 5.21. The molecule has 682 valence electrons. The van der Waals surface area contributed by atoms with Gasteiger partial charge in [0.25, 0.3) is 0 Å². The predicted octanol–water partition coefficient (Wildman–Crippen LogP) is 31.1. The lowest BCUT2D eigenvalue weighted by Gasteiger charge is -2.21. The molecule has 0 saturated carbocycles. The van der Waals surface area contributed by atoms with Crippen LogP contribution in [0.2, 0.25) is 0 Å². The van der Waals surface area contributed by atoms with Gasteiger partial charge in [0.1, 0.15) is 40.8 Å². The van der Waals surface area contributed by atoms with Crippen LogP contribution >= 0.6 is 0 Å². The summed E-state index contributed by atoms with van der Waals surface area (Å²) in [6.45, 7) is 32.6. The van der Waals surface area contributed by atoms with Gasteiger partial charge in [0.05, 0.1) is 61.4 Å². The monoisotopic (exact) mass is 1810 g/mol. The number of aromatic nitrogens is 14. The van der Waals surface area contributed by atoms with Gasteiger partial charge in [-0.1, -0.05) is 425 Å². The first-order chi connectivity index (χ1) is 67.1. The normalized spacial score (nSPS) is 12.3. The summed E-state index contributed by atoms with van der Waals surface area (Å²) in [7, 11) is 0. The average Bonchev–Trinajstić information content (AvgIpc) is 1.60. The molecule has 0 spiro atoms. The molecule has 15 aromatic carbocycles. The van der Waals surface area contributed by atoms with Crippen LogP contribution in [0.15, 0.2) is 400 Å². The van der Waals surface area contributed by atoms with E-state index in [0.29, 0.717) is 5.95 Å². The molecule has 8 heterocycles. The van der Waals surface area contributed by atoms with Gasteiger partial charge in [-0.05, 0) is 106 Å². The van der Waals surface area contributed by atoms with Crippen LogP contribution in [0.5, 0.6) is 0 Å². The van der Waals surface area contributed by atoms with E-state index >= 15 is 0 Å². The molecule has 0 fully saturated rings. The minimum absolute atomic E-state index is 0.0339. The molecule has 14 heteroatoms. The summed E-state index contributed by atoms with van der Waals surface area (Å²) in [5.41, 5.74) is 22.6. The largest absolute Gasteiger partial charge is 0.309 e. The van der Waals surface area contributed by atoms with E-state index in [2.05, 4.69) is 440 Å². The Morgan fingerprint density at radius 1 is 0.201 bits per heavy atom. The Morgan fingerprint density at radius 3 is 0.871 bits per heavy atom. The molecule has 14 nitrogen and oxygen atoms in total. The fourth-order valence-electron chi connectivity index (χ4n) is 18.6. The zero-order valence-electron chi connectivity index (χ0n) is 81.4. The molecular formula is C125H112N14. The molecule has 0 atom stereocenters. The molecule has 0 saturated heterocycles. The highest BCUT2D eigenvalue weighted by Gasteiger charge is 2.35. The summed E-state index contributed by atoms with van der Waals surface area (Å²) in [5.74, 6) is 7.92. The maximum Gasteiger partial charge on any atom is 0.238 e. The molecule has 0 amide bonds. The molecule has 0 bridgehead atoms. The second-order valence-electron chi connectivity index (χ2n) is 40.8. The van der Waals surface area contributed by atoms with Gasteiger partial charge in [-0.3, -0.25) is 13.7 Å². The van der Waals surface area contributed by atoms with Gasteiger partial charge in [0, 0.05) is 98.8 Å². The summed E-state index contributed by atoms with van der Waals surface area (Å²) in [6, 6.07) is 139. The fraction of sp³-hybridized carbons (Fsp3) is 0.168. The molecule has 1 aliphatic rings. The molecule has 0 N–H and O–H groups in total. The van der Waals surface area contributed by atoms with Crippen LogP contribution in [-0.4, -0.2) is 68.1 Å². The van der Waals surface area contributed by atoms with E-state index in [1.165, 1.54) is 87.6 Å². The van der Waals surface area contributed by atoms with Crippen molar-refractivity contribution in [2.24, 2.45) is 0 Å². The van der Waals surface area contributed by atoms with Crippen molar-refractivity contribution in [1.29, 1.82) is 0 Å². The van der Waals surface area contributed by atoms with Crippen molar-refractivity contribution in [2.45, 2.75) is 137 Å². The molecule has 1 aliphatic carbocycles. The van der Waals surface area contributed by atoms with Crippen molar-refractivity contribution in [3.8, 4) is 79.7 Å². The number of hydrogen-bond acceptors (Lipinski definition) is 10. The first-order valence-electron chi connectivity index (χ1n) is 47.9. The van der Waals surface area contributed by atoms with E-state index in [1.54, 1.807) is 0 Å². The molecule has 139 heavy (non-hydrogen) atoms. The number of rotatable bonds is 9. The van der Waals surface area contributed by atoms with Crippen LogP contribution in [0.4, 0.5) is 0 Å². The van der Waals surface area contributed by atoms with Gasteiger partial charge >= 0.3 is 0 Å². The third kappa shape index (κ3) is 18.2. The van der Waals surface area contributed by atoms with E-state index in [-0.39, 0.29) is 33.0 Å². The Labute approximate surface area is 812 Å². The lowest BCUT2D eigenvalue weighted by molar-refractivity contribution is 0.532. The standard InChI is InChI=1S/2C32H26N4.C22H21N.C20H20N2.C19H19N3/c1-32(2,3)31-33-29(35-25-16-8-4-12-21(25)22-13-5-9-17-26(22)35)20-30(34-31)36-27-18-10-6-14-23(27)24-15-7-11-19-28(24)36;1-32(2,3)30-33-29(28-24-16-6-4-12-20(24)21-13-5-7-17-25(21)28)34-31(35-30)36-26-18-10-8-14-22(26)23-15-9-11-19-27(23)36;1-22(2,3)16-13-14-21-19(15-16)18-11-7-8-12-20(18)23(21)17-9-5-4-6-10-17;1-20(2,3)19-21-17(15-10-6-4-7-11-15)14-18(22-19)16-12-8-5-9-13-16;1-19(2,3)18-21-16(14-10-6-4-7-11-14)20-17(22-18)15-12-8-5-9-13-15/h4-20H,1-3H3;4-19,28H,1-3H3;4-15H,1-3H3;4-14H,1-3H3;4-13H,1-3H3. The zero-order chi connectivity index (χ0) is 96.1. The van der Waals surface area contributed by atoms with Gasteiger partial charge in [-0.25, -0.2) is 39.9 Å². The summed E-state index contributed by atoms with van der Waals surface area (Å²) >= 11 is 0. The van der Waals surface area contributed by atoms with Crippen LogP contribution in [0.25, 0.3) is 167 Å². The quantitative estimate of drug-likeness (QED) is 0.137. The van der Waals surface area contributed by atoms with E-state index in [1.807, 2.05) is 97.1 Å². The van der Waals surface area contributed by atoms with Gasteiger partial charge in [0.2, 0.25) is 5.95 Å². The highest BCUT2D eigenvalue weighted by atomic mass is 15.2. The second kappa shape index (κ2) is 37.1. The third-order valence-electron chi connectivity index (χ3n) is 25.6. The number of fused-ring (bicyclic) bond motifs is 15. The summed E-state index contributed by atoms with van der Waals surface area (Å²) < 4.78 is 9.10. The minimum Gasteiger partial charge on any atom is -0.309 e. The highest BCUT2D eigenvalue weighted by Crippen LogP contribution is 2.48. The van der Waals surface area contributed by atoms with E-state index in [0.717, 1.165) is 119 Å². The lowest BCUT2D eigenvalue weighted by Crippen LogP contribution is -2.21. The van der Waals surface area contributed by atoms with E-state index < -0.39 is 0 Å². The van der Waals surface area contributed by atoms with Crippen molar-refractivity contribution in [1.82, 2.24) is 68.1 Å². The molecule has 23 aromatic rings. The van der Waals surface area contributed by atoms with Crippen molar-refractivity contribution in [3.63, 3.8) is 0 Å². The first kappa shape index (κ1) is 90.5. The van der Waals surface area contributed by atoms with Crippen molar-refractivity contribution in [3.05, 3.63) is 446 Å². The molecule has 0 radical (unpaired) electrons. The molecule has 0 aliphatic heterocycles. The smallest absolute Gasteiger partial charge is 0.238 e. The Morgan fingerprint density at radius 2 is 0.496 bits per heavy atom. The van der Waals surface area contributed by atoms with E-state index in [4.69, 9.17) is 34.9 Å². The Balaban J connectivity index is 0.000000109. The molecular weight excluding hydrogens is 1700 g/mol. The Hall–Kier alpha value is -16.3. The minimum atomic E-state index is -0.233. The van der Waals surface area contributed by atoms with Crippen molar-refractivity contribution < 1.29 is 0 Å². The third-order valence-corrected chi connectivity index (χ3v) is 25.6. The van der Waals surface area contributed by atoms with Gasteiger partial charge in [-0.15, -0.1) is 0 Å². The van der Waals surface area contributed by atoms with E-state index in [9.17, 15) is 0 Å². The topological polar surface area (TPSA) is 149 Å². The molecule has 24 rings (SSSR count). The number of nitrogens with zero attached hydrogens (tertiary/aromatic N) is 14. The summed E-state index contributed by atoms with van der Waals surface area (Å²) in [6.07, 6.45) is 0. The van der Waals surface area contributed by atoms with Crippen LogP contribution in [-0.2, 0) is 27.1 Å². The summed E-state index contributed by atoms with van der Waals surface area (Å²) in [5, 5.41) is 9.94. The average molecular weight is 1810 g/mol. The second-order valence-corrected chi connectivity index (χ2v) is 40.8. The molecule has 8 aromatic heterocycles. The SMILES string of the molecule is CC(C)(C)c1ccc2c(c1)c1ccccc1n2-c1ccccc1.CC(C)(C)c1nc(-c2ccccc2)cc(-c2ccccc2)n1.CC(C)(C)c1nc(-c2ccccc2)nc(-c2ccccc2)n1.CC(C)(C)c1nc(-n2c3ccccc3c3ccccc32)cc(-n2c3ccccc3c3ccccc32)n1.CC(C)(C)c1nc(C2c3ccccc3-c3ccccc32)nc(-n2c3ccccc3c3ccccc32)n1. The zero-order valence-corrected chi connectivity index (χ0v) is 81.4. The van der Waals surface area contributed by atoms with Crippen molar-refractivity contribution in [2.75, 3.05) is 0 Å². The molecule has 0 unspecified atom stereocenters. The first-order valence-corrected chi connectivity index (χ1v) is 47.9. The maximum atomic E-state index is 5.21. The van der Waals surface area contributed by atoms with Crippen LogP contribution < -0.4 is 0 Å². The van der Waals surface area contributed by atoms with Gasteiger partial charge in [-0.2, -0.15) is 9.97 Å². The summed E-state index contributed by atoms with van der Waals surface area (Å²) in [4.78, 5) is 49.3. The van der Waals surface area contributed by atoms with Crippen molar-refractivity contribution >= 4 is 87.2 Å². The van der Waals surface area contributed by atoms with Crippen LogP contribution in [0.3, 0.4) is 0 Å². The number of benzene rings is 15. The van der Waals surface area contributed by atoms with Crippen LogP contribution in [0.1, 0.15) is 156 Å². The number of para-hydroxylation sites is 8. The predicted molar refractivity (Wildman–Crippen MR) is 576 cm³/mol. The lowest BCUT2D eigenvalue weighted by atomic mass is 9.86. The number of hydrogen-bond donors (Lipinski definition) is 0. The highest BCUT2D eigenvalue weighted by molar-refractivity contribution is 6.12.